The zero-order valence-electron chi connectivity index (χ0n) is 10.6. The summed E-state index contributed by atoms with van der Waals surface area (Å²) in [4.78, 5) is 2.29. The predicted molar refractivity (Wildman–Crippen MR) is 70.0 cm³/mol. The van der Waals surface area contributed by atoms with Gasteiger partial charge in [0.2, 0.25) is 0 Å². The van der Waals surface area contributed by atoms with Gasteiger partial charge in [0.05, 0.1) is 0 Å². The van der Waals surface area contributed by atoms with Gasteiger partial charge in [0, 0.05) is 31.9 Å². The molecule has 0 spiro atoms. The van der Waals surface area contributed by atoms with Gasteiger partial charge in [0.15, 0.2) is 0 Å². The Morgan fingerprint density at radius 2 is 2.12 bits per heavy atom. The molecule has 1 aliphatic carbocycles. The molecule has 1 N–H and O–H groups in total. The third-order valence-electron chi connectivity index (χ3n) is 3.32. The van der Waals surface area contributed by atoms with Crippen LogP contribution < -0.4 is 10.2 Å². The van der Waals surface area contributed by atoms with Crippen molar-refractivity contribution in [3.8, 4) is 0 Å². The molecular weight excluding hydrogens is 196 g/mol. The molecule has 0 aliphatic heterocycles. The van der Waals surface area contributed by atoms with Crippen LogP contribution in [0.15, 0.2) is 18.2 Å². The van der Waals surface area contributed by atoms with E-state index in [1.54, 1.807) is 0 Å². The smallest absolute Gasteiger partial charge is 0.0393 e. The quantitative estimate of drug-likeness (QED) is 0.817. The summed E-state index contributed by atoms with van der Waals surface area (Å²) < 4.78 is 0. The van der Waals surface area contributed by atoms with Gasteiger partial charge in [-0.2, -0.15) is 0 Å². The maximum atomic E-state index is 3.55. The van der Waals surface area contributed by atoms with Crippen molar-refractivity contribution in [2.75, 3.05) is 18.5 Å². The molecule has 1 saturated carbocycles. The van der Waals surface area contributed by atoms with Crippen molar-refractivity contribution in [2.24, 2.45) is 0 Å². The Balaban J connectivity index is 2.02. The molecule has 2 nitrogen and oxygen atoms in total. The van der Waals surface area contributed by atoms with Crippen LogP contribution >= 0.6 is 0 Å². The molecule has 0 saturated heterocycles. The SMILES string of the molecule is CCN(C)c1ccc(CNC2CC2)cc1C. The number of nitrogens with one attached hydrogen (secondary N) is 1. The Kier molecular flexibility index (Phi) is 3.49. The summed E-state index contributed by atoms with van der Waals surface area (Å²) in [6.45, 7) is 6.45. The number of rotatable bonds is 5. The highest BCUT2D eigenvalue weighted by Crippen LogP contribution is 2.22. The average Bonchev–Trinajstić information content (AvgIpc) is 3.09. The number of nitrogens with zero attached hydrogens (tertiary/aromatic N) is 1. The summed E-state index contributed by atoms with van der Waals surface area (Å²) >= 11 is 0. The van der Waals surface area contributed by atoms with Crippen LogP contribution in [0.25, 0.3) is 0 Å². The van der Waals surface area contributed by atoms with Crippen LogP contribution in [0.5, 0.6) is 0 Å². The van der Waals surface area contributed by atoms with Crippen LogP contribution in [0.4, 0.5) is 5.69 Å². The lowest BCUT2D eigenvalue weighted by Gasteiger charge is -2.20. The van der Waals surface area contributed by atoms with Gasteiger partial charge in [-0.25, -0.2) is 0 Å². The highest BCUT2D eigenvalue weighted by molar-refractivity contribution is 5.53. The summed E-state index contributed by atoms with van der Waals surface area (Å²) in [5.74, 6) is 0. The lowest BCUT2D eigenvalue weighted by atomic mass is 10.1. The molecule has 16 heavy (non-hydrogen) atoms. The molecule has 1 aromatic rings. The molecule has 2 heteroatoms. The lowest BCUT2D eigenvalue weighted by Crippen LogP contribution is -2.18. The fourth-order valence-electron chi connectivity index (χ4n) is 1.98. The maximum absolute atomic E-state index is 3.55. The fraction of sp³-hybridized carbons (Fsp3) is 0.571. The van der Waals surface area contributed by atoms with Gasteiger partial charge in [0.1, 0.15) is 0 Å². The van der Waals surface area contributed by atoms with Crippen molar-refractivity contribution < 1.29 is 0 Å². The van der Waals surface area contributed by atoms with E-state index < -0.39 is 0 Å². The molecule has 0 unspecified atom stereocenters. The van der Waals surface area contributed by atoms with Crippen molar-refractivity contribution in [1.29, 1.82) is 0 Å². The summed E-state index contributed by atoms with van der Waals surface area (Å²) in [5, 5.41) is 3.55. The third kappa shape index (κ3) is 2.76. The molecule has 1 fully saturated rings. The van der Waals surface area contributed by atoms with Crippen LogP contribution in [0.3, 0.4) is 0 Å². The van der Waals surface area contributed by atoms with Crippen molar-refractivity contribution >= 4 is 5.69 Å². The molecular formula is C14H22N2. The van der Waals surface area contributed by atoms with Gasteiger partial charge in [-0.15, -0.1) is 0 Å². The first-order valence-corrected chi connectivity index (χ1v) is 6.24. The Morgan fingerprint density at radius 1 is 1.38 bits per heavy atom. The molecule has 0 aromatic heterocycles. The first-order valence-electron chi connectivity index (χ1n) is 6.24. The molecule has 0 heterocycles. The zero-order chi connectivity index (χ0) is 11.5. The van der Waals surface area contributed by atoms with E-state index in [1.165, 1.54) is 29.7 Å². The second kappa shape index (κ2) is 4.88. The van der Waals surface area contributed by atoms with Gasteiger partial charge in [-0.3, -0.25) is 0 Å². The van der Waals surface area contributed by atoms with E-state index >= 15 is 0 Å². The average molecular weight is 218 g/mol. The van der Waals surface area contributed by atoms with Gasteiger partial charge in [-0.1, -0.05) is 12.1 Å². The van der Waals surface area contributed by atoms with E-state index in [2.05, 4.69) is 49.3 Å². The highest BCUT2D eigenvalue weighted by atomic mass is 15.1. The van der Waals surface area contributed by atoms with Crippen LogP contribution in [-0.2, 0) is 6.54 Å². The molecule has 0 bridgehead atoms. The van der Waals surface area contributed by atoms with E-state index in [-0.39, 0.29) is 0 Å². The second-order valence-electron chi connectivity index (χ2n) is 4.79. The predicted octanol–water partition coefficient (Wildman–Crippen LogP) is 2.70. The normalized spacial score (nSPS) is 15.2. The molecule has 1 aromatic carbocycles. The van der Waals surface area contributed by atoms with Crippen molar-refractivity contribution in [2.45, 2.75) is 39.3 Å². The van der Waals surface area contributed by atoms with E-state index in [0.717, 1.165) is 19.1 Å². The topological polar surface area (TPSA) is 15.3 Å². The second-order valence-corrected chi connectivity index (χ2v) is 4.79. The van der Waals surface area contributed by atoms with Crippen LogP contribution in [-0.4, -0.2) is 19.6 Å². The number of benzene rings is 1. The van der Waals surface area contributed by atoms with Crippen molar-refractivity contribution in [1.82, 2.24) is 5.32 Å². The largest absolute Gasteiger partial charge is 0.375 e. The number of hydrogen-bond donors (Lipinski definition) is 1. The van der Waals surface area contributed by atoms with Crippen molar-refractivity contribution in [3.63, 3.8) is 0 Å². The van der Waals surface area contributed by atoms with Crippen LogP contribution in [0.1, 0.15) is 30.9 Å². The Hall–Kier alpha value is -1.02. The standard InChI is InChI=1S/C14H22N2/c1-4-16(3)14-8-5-12(9-11(14)2)10-15-13-6-7-13/h5,8-9,13,15H,4,6-7,10H2,1-3H3. The van der Waals surface area contributed by atoms with Crippen LogP contribution in [0, 0.1) is 6.92 Å². The molecule has 0 radical (unpaired) electrons. The minimum absolute atomic E-state index is 0.790. The maximum Gasteiger partial charge on any atom is 0.0393 e. The number of aryl methyl sites for hydroxylation is 1. The van der Waals surface area contributed by atoms with Gasteiger partial charge in [0.25, 0.3) is 0 Å². The monoisotopic (exact) mass is 218 g/mol. The summed E-state index contributed by atoms with van der Waals surface area (Å²) in [6.07, 6.45) is 2.71. The van der Waals surface area contributed by atoms with E-state index in [0.29, 0.717) is 0 Å². The highest BCUT2D eigenvalue weighted by Gasteiger charge is 2.19. The Morgan fingerprint density at radius 3 is 2.69 bits per heavy atom. The van der Waals surface area contributed by atoms with Gasteiger partial charge in [-0.05, 0) is 43.9 Å². The first-order chi connectivity index (χ1) is 7.70. The minimum Gasteiger partial charge on any atom is -0.375 e. The molecule has 0 amide bonds. The van der Waals surface area contributed by atoms with E-state index in [4.69, 9.17) is 0 Å². The fourth-order valence-corrected chi connectivity index (χ4v) is 1.98. The lowest BCUT2D eigenvalue weighted by molar-refractivity contribution is 0.687. The van der Waals surface area contributed by atoms with Crippen molar-refractivity contribution in [3.05, 3.63) is 29.3 Å². The Labute approximate surface area is 98.7 Å². The van der Waals surface area contributed by atoms with E-state index in [1.807, 2.05) is 0 Å². The first kappa shape index (κ1) is 11.5. The van der Waals surface area contributed by atoms with Gasteiger partial charge >= 0.3 is 0 Å². The molecule has 88 valence electrons. The Bertz CT molecular complexity index is 356. The van der Waals surface area contributed by atoms with Gasteiger partial charge < -0.3 is 10.2 Å². The number of hydrogen-bond acceptors (Lipinski definition) is 2. The molecule has 0 atom stereocenters. The molecule has 2 rings (SSSR count). The summed E-state index contributed by atoms with van der Waals surface area (Å²) in [7, 11) is 2.14. The number of anilines is 1. The van der Waals surface area contributed by atoms with Crippen LogP contribution in [0.2, 0.25) is 0 Å². The zero-order valence-corrected chi connectivity index (χ0v) is 10.6. The molecule has 1 aliphatic rings. The van der Waals surface area contributed by atoms with E-state index in [9.17, 15) is 0 Å². The summed E-state index contributed by atoms with van der Waals surface area (Å²) in [6, 6.07) is 7.57. The third-order valence-corrected chi connectivity index (χ3v) is 3.32. The minimum atomic E-state index is 0.790. The summed E-state index contributed by atoms with van der Waals surface area (Å²) in [5.41, 5.74) is 4.12.